The number of benzene rings is 1. The van der Waals surface area contributed by atoms with Crippen molar-refractivity contribution in [3.05, 3.63) is 99.1 Å². The molecular formula is C51H57N7O8S. The van der Waals surface area contributed by atoms with Gasteiger partial charge in [-0.05, 0) is 171 Å². The van der Waals surface area contributed by atoms with Gasteiger partial charge in [-0.25, -0.2) is 9.97 Å². The Labute approximate surface area is 394 Å². The molecule has 0 saturated carbocycles. The van der Waals surface area contributed by atoms with Crippen molar-refractivity contribution in [2.24, 2.45) is 4.99 Å². The quantitative estimate of drug-likeness (QED) is 0.0223. The topological polar surface area (TPSA) is 240 Å². The lowest BCUT2D eigenvalue weighted by Gasteiger charge is -2.07. The van der Waals surface area contributed by atoms with Crippen molar-refractivity contribution in [3.63, 3.8) is 0 Å². The first-order chi connectivity index (χ1) is 32.1. The highest BCUT2D eigenvalue weighted by atomic mass is 32.1. The summed E-state index contributed by atoms with van der Waals surface area (Å²) in [5, 5.41) is 37.3. The van der Waals surface area contributed by atoms with Gasteiger partial charge in [0.15, 0.2) is 0 Å². The number of aromatic nitrogens is 4. The molecule has 67 heavy (non-hydrogen) atoms. The zero-order valence-corrected chi connectivity index (χ0v) is 39.2. The largest absolute Gasteiger partial charge is 0.481 e. The summed E-state index contributed by atoms with van der Waals surface area (Å²) in [6.45, 7) is 8.71. The molecule has 0 radical (unpaired) electrons. The Balaban J connectivity index is 1.25. The van der Waals surface area contributed by atoms with E-state index in [-0.39, 0.29) is 56.8 Å². The number of aromatic amines is 2. The van der Waals surface area contributed by atoms with E-state index in [9.17, 15) is 39.3 Å². The Morgan fingerprint density at radius 2 is 1.06 bits per heavy atom. The number of fused-ring (bicyclic) bond motifs is 8. The molecule has 2 aliphatic rings. The number of rotatable bonds is 22. The van der Waals surface area contributed by atoms with Gasteiger partial charge in [-0.2, -0.15) is 4.99 Å². The van der Waals surface area contributed by atoms with Crippen LogP contribution in [0.3, 0.4) is 0 Å². The number of nitrogens with one attached hydrogen (secondary N) is 4. The minimum absolute atomic E-state index is 0.00748. The van der Waals surface area contributed by atoms with Gasteiger partial charge >= 0.3 is 17.9 Å². The molecule has 0 aliphatic carbocycles. The second kappa shape index (κ2) is 22.9. The van der Waals surface area contributed by atoms with E-state index in [2.05, 4.69) is 43.0 Å². The number of carbonyl (C=O) groups is 5. The summed E-state index contributed by atoms with van der Waals surface area (Å²) in [6.07, 6.45) is 4.34. The number of allylic oxidation sites excluding steroid dienone is 4. The number of aliphatic carboxylic acids is 3. The number of carboxylic acids is 3. The summed E-state index contributed by atoms with van der Waals surface area (Å²) in [5.41, 5.74) is 13.6. The van der Waals surface area contributed by atoms with Crippen molar-refractivity contribution in [2.75, 3.05) is 13.1 Å². The van der Waals surface area contributed by atoms with Gasteiger partial charge in [0.05, 0.1) is 33.6 Å². The summed E-state index contributed by atoms with van der Waals surface area (Å²) >= 11 is 4.64. The first-order valence-corrected chi connectivity index (χ1v) is 23.0. The van der Waals surface area contributed by atoms with Gasteiger partial charge in [0.1, 0.15) is 0 Å². The highest BCUT2D eigenvalue weighted by Crippen LogP contribution is 2.38. The highest BCUT2D eigenvalue weighted by molar-refractivity contribution is 7.78. The number of amides is 2. The van der Waals surface area contributed by atoms with Crippen molar-refractivity contribution in [2.45, 2.75) is 111 Å². The van der Waals surface area contributed by atoms with Crippen LogP contribution in [0.4, 0.5) is 5.69 Å². The second-order valence-corrected chi connectivity index (χ2v) is 17.2. The van der Waals surface area contributed by atoms with E-state index in [4.69, 9.17) is 9.97 Å². The van der Waals surface area contributed by atoms with E-state index in [0.717, 1.165) is 85.2 Å². The molecule has 0 saturated heterocycles. The fraction of sp³-hybridized carbons (Fsp3) is 0.373. The molecular weight excluding hydrogens is 871 g/mol. The van der Waals surface area contributed by atoms with Gasteiger partial charge in [-0.3, -0.25) is 24.0 Å². The first-order valence-electron chi connectivity index (χ1n) is 22.6. The van der Waals surface area contributed by atoms with E-state index in [1.54, 1.807) is 0 Å². The van der Waals surface area contributed by atoms with Gasteiger partial charge in [0, 0.05) is 67.3 Å². The third-order valence-electron chi connectivity index (χ3n) is 12.4. The number of hydrogen-bond acceptors (Lipinski definition) is 9. The molecule has 3 aromatic heterocycles. The van der Waals surface area contributed by atoms with E-state index >= 15 is 0 Å². The Bertz CT molecular complexity index is 2870. The minimum atomic E-state index is -0.946. The number of carboxylic acid groups (broad SMARTS) is 3. The predicted octanol–water partition coefficient (Wildman–Crippen LogP) is 9.24. The lowest BCUT2D eigenvalue weighted by Crippen LogP contribution is -2.26. The molecule has 8 bridgehead atoms. The molecule has 15 nitrogen and oxygen atoms in total. The van der Waals surface area contributed by atoms with Crippen LogP contribution in [0.1, 0.15) is 129 Å². The van der Waals surface area contributed by atoms with Crippen LogP contribution in [0.5, 0.6) is 0 Å². The molecule has 350 valence electrons. The zero-order chi connectivity index (χ0) is 48.2. The van der Waals surface area contributed by atoms with E-state index in [1.165, 1.54) is 0 Å². The minimum Gasteiger partial charge on any atom is -0.481 e. The Kier molecular flexibility index (Phi) is 16.9. The molecule has 0 fully saturated rings. The monoisotopic (exact) mass is 927 g/mol. The first kappa shape index (κ1) is 49.4. The average Bonchev–Trinajstić information content (AvgIpc) is 3.94. The van der Waals surface area contributed by atoms with Crippen LogP contribution >= 0.6 is 12.2 Å². The zero-order valence-electron chi connectivity index (χ0n) is 38.4. The predicted molar refractivity (Wildman–Crippen MR) is 263 cm³/mol. The van der Waals surface area contributed by atoms with Gasteiger partial charge < -0.3 is 35.9 Å². The Morgan fingerprint density at radius 3 is 1.66 bits per heavy atom. The summed E-state index contributed by atoms with van der Waals surface area (Å²) in [7, 11) is 0. The van der Waals surface area contributed by atoms with Crippen LogP contribution in [-0.4, -0.2) is 83.2 Å². The maximum atomic E-state index is 13.3. The number of unbranched alkanes of at least 4 members (excludes halogenated alkanes) is 2. The van der Waals surface area contributed by atoms with E-state index < -0.39 is 17.9 Å². The van der Waals surface area contributed by atoms with Gasteiger partial charge in [0.25, 0.3) is 0 Å². The molecule has 1 aromatic carbocycles. The van der Waals surface area contributed by atoms with E-state index in [1.807, 2.05) is 76.2 Å². The number of carbonyl (C=O) groups excluding carboxylic acids is 2. The fourth-order valence-electron chi connectivity index (χ4n) is 8.55. The van der Waals surface area contributed by atoms with Crippen molar-refractivity contribution >= 4 is 97.1 Å². The van der Waals surface area contributed by atoms with Crippen LogP contribution in [0.2, 0.25) is 0 Å². The molecule has 4 aromatic rings. The second-order valence-electron chi connectivity index (χ2n) is 17.0. The number of thiocarbonyl (C=S) groups is 1. The third-order valence-corrected chi connectivity index (χ3v) is 12.5. The van der Waals surface area contributed by atoms with Crippen LogP contribution in [0.25, 0.3) is 44.4 Å². The molecule has 2 aliphatic heterocycles. The SMILES string of the molecule is CC1=C(CCC(=O)O)c2cc3nc(cc4[nH]c(cc5[nH]c(cc1n2)c(CCC(=O)O)c5C)c(CCC(=O)NCCCCCC(=O)NCCc1ccc(N=C=S)cc1)c4C)C(CCC(=O)O)=C3C. The molecule has 5 heterocycles. The number of H-pyrrole nitrogens is 2. The number of nitrogens with zero attached hydrogens (tertiary/aromatic N) is 3. The van der Waals surface area contributed by atoms with Crippen LogP contribution in [-0.2, 0) is 43.2 Å². The third kappa shape index (κ3) is 13.1. The standard InChI is InChI=1S/C51H57N7O8S/c1-29-35(13-17-48(60)52-22-7-5-6-8-47(59)53-23-21-33-9-11-34(12-10-33)54-28-67)43-24-40-30(2)36(14-18-49(61)62)45(56-40)26-42-32(4)38(16-20-51(65)66)46(58-42)27-41-31(3)37(15-19-50(63)64)44(57-41)25-39(29)55-43/h9-12,24-27,55-56H,5-8,13-23H2,1-4H3,(H,52,60)(H,53,59)(H,61,62)(H,63,64)(H,65,66). The summed E-state index contributed by atoms with van der Waals surface area (Å²) in [5.74, 6) is -2.93. The molecule has 16 heteroatoms. The van der Waals surface area contributed by atoms with Crippen LogP contribution in [0, 0.1) is 13.8 Å². The fourth-order valence-corrected chi connectivity index (χ4v) is 8.66. The number of hydrogen-bond donors (Lipinski definition) is 7. The van der Waals surface area contributed by atoms with Crippen molar-refractivity contribution < 1.29 is 39.3 Å². The maximum Gasteiger partial charge on any atom is 0.303 e. The number of aliphatic imine (C=N–C) groups is 1. The van der Waals surface area contributed by atoms with E-state index in [0.29, 0.717) is 67.1 Å². The summed E-state index contributed by atoms with van der Waals surface area (Å²) in [6, 6.07) is 15.2. The highest BCUT2D eigenvalue weighted by Gasteiger charge is 2.23. The van der Waals surface area contributed by atoms with Gasteiger partial charge in [0.2, 0.25) is 11.8 Å². The molecule has 0 unspecified atom stereocenters. The lowest BCUT2D eigenvalue weighted by molar-refractivity contribution is -0.137. The molecule has 2 amide bonds. The Morgan fingerprint density at radius 1 is 0.567 bits per heavy atom. The molecule has 0 spiro atoms. The van der Waals surface area contributed by atoms with Crippen molar-refractivity contribution in [3.8, 4) is 0 Å². The van der Waals surface area contributed by atoms with Gasteiger partial charge in [-0.15, -0.1) is 0 Å². The van der Waals surface area contributed by atoms with Crippen LogP contribution in [0.15, 0.2) is 53.5 Å². The Hall–Kier alpha value is -7.03. The molecule has 0 atom stereocenters. The van der Waals surface area contributed by atoms with Crippen molar-refractivity contribution in [1.82, 2.24) is 30.6 Å². The average molecular weight is 928 g/mol. The number of aryl methyl sites for hydroxylation is 4. The molecule has 7 N–H and O–H groups in total. The smallest absolute Gasteiger partial charge is 0.303 e. The van der Waals surface area contributed by atoms with Gasteiger partial charge in [-0.1, -0.05) is 18.6 Å². The lowest BCUT2D eigenvalue weighted by atomic mass is 9.98. The number of isothiocyanates is 1. The summed E-state index contributed by atoms with van der Waals surface area (Å²) < 4.78 is 0. The van der Waals surface area contributed by atoms with Crippen LogP contribution < -0.4 is 10.6 Å². The van der Waals surface area contributed by atoms with Crippen molar-refractivity contribution in [1.29, 1.82) is 0 Å². The maximum absolute atomic E-state index is 13.3. The molecule has 6 rings (SSSR count). The summed E-state index contributed by atoms with van der Waals surface area (Å²) in [4.78, 5) is 82.1. The normalized spacial score (nSPS) is 12.2.